The molecule has 26 heavy (non-hydrogen) atoms. The van der Waals surface area contributed by atoms with E-state index in [1.165, 1.54) is 0 Å². The number of ether oxygens (including phenoxy) is 1. The first-order chi connectivity index (χ1) is 12.7. The predicted molar refractivity (Wildman–Crippen MR) is 99.1 cm³/mol. The first-order valence-electron chi connectivity index (χ1n) is 9.21. The van der Waals surface area contributed by atoms with Crippen LogP contribution in [-0.2, 0) is 4.79 Å². The summed E-state index contributed by atoms with van der Waals surface area (Å²) in [5.41, 5.74) is 1.69. The molecular formula is C21H23FN2O2. The Hall–Kier alpha value is -2.40. The molecule has 1 amide bonds. The maximum absolute atomic E-state index is 14.0. The lowest BCUT2D eigenvalue weighted by Gasteiger charge is -2.35. The Balaban J connectivity index is 1.34. The molecule has 2 aromatic carbocycles. The monoisotopic (exact) mass is 354 g/mol. The van der Waals surface area contributed by atoms with Crippen LogP contribution in [0.5, 0.6) is 5.75 Å². The third-order valence-electron chi connectivity index (χ3n) is 5.38. The summed E-state index contributed by atoms with van der Waals surface area (Å²) in [5, 5.41) is 0. The minimum absolute atomic E-state index is 0.00458. The molecule has 4 rings (SSSR count). The summed E-state index contributed by atoms with van der Waals surface area (Å²) < 4.78 is 19.5. The zero-order valence-electron chi connectivity index (χ0n) is 14.7. The number of piperidine rings is 1. The van der Waals surface area contributed by atoms with Crippen molar-refractivity contribution in [3.8, 4) is 5.75 Å². The molecule has 0 aromatic heterocycles. The van der Waals surface area contributed by atoms with E-state index >= 15 is 0 Å². The molecule has 0 unspecified atom stereocenters. The lowest BCUT2D eigenvalue weighted by atomic mass is 9.89. The van der Waals surface area contributed by atoms with Gasteiger partial charge in [-0.05, 0) is 55.6 Å². The van der Waals surface area contributed by atoms with Gasteiger partial charge in [-0.2, -0.15) is 0 Å². The highest BCUT2D eigenvalue weighted by atomic mass is 19.1. The lowest BCUT2D eigenvalue weighted by molar-refractivity contribution is -0.121. The highest BCUT2D eigenvalue weighted by Crippen LogP contribution is 2.32. The summed E-state index contributed by atoms with van der Waals surface area (Å²) in [4.78, 5) is 16.4. The van der Waals surface area contributed by atoms with E-state index < -0.39 is 0 Å². The largest absolute Gasteiger partial charge is 0.482 e. The number of benzene rings is 2. The molecule has 5 heteroatoms. The smallest absolute Gasteiger partial charge is 0.265 e. The van der Waals surface area contributed by atoms with Crippen LogP contribution < -0.4 is 9.64 Å². The molecule has 2 aliphatic rings. The number of nitrogens with zero attached hydrogens (tertiary/aromatic N) is 2. The van der Waals surface area contributed by atoms with Crippen molar-refractivity contribution in [3.05, 3.63) is 59.9 Å². The van der Waals surface area contributed by atoms with Gasteiger partial charge < -0.3 is 14.5 Å². The Morgan fingerprint density at radius 2 is 1.73 bits per heavy atom. The summed E-state index contributed by atoms with van der Waals surface area (Å²) >= 11 is 0. The molecule has 0 atom stereocenters. The average molecular weight is 354 g/mol. The van der Waals surface area contributed by atoms with Crippen molar-refractivity contribution in [2.24, 2.45) is 0 Å². The second-order valence-corrected chi connectivity index (χ2v) is 6.94. The molecule has 0 aliphatic carbocycles. The van der Waals surface area contributed by atoms with Crippen molar-refractivity contribution in [1.29, 1.82) is 0 Å². The second-order valence-electron chi connectivity index (χ2n) is 6.94. The number of hydrogen-bond donors (Lipinski definition) is 0. The lowest BCUT2D eigenvalue weighted by Crippen LogP contribution is -2.44. The molecule has 136 valence electrons. The molecule has 0 saturated carbocycles. The van der Waals surface area contributed by atoms with Crippen molar-refractivity contribution < 1.29 is 13.9 Å². The van der Waals surface area contributed by atoms with Crippen molar-refractivity contribution in [1.82, 2.24) is 4.90 Å². The van der Waals surface area contributed by atoms with Gasteiger partial charge in [-0.3, -0.25) is 4.79 Å². The number of anilines is 1. The van der Waals surface area contributed by atoms with Gasteiger partial charge in [0.25, 0.3) is 5.91 Å². The topological polar surface area (TPSA) is 32.8 Å². The molecule has 1 saturated heterocycles. The second kappa shape index (κ2) is 7.46. The first kappa shape index (κ1) is 17.0. The van der Waals surface area contributed by atoms with E-state index in [1.807, 2.05) is 41.3 Å². The molecule has 0 N–H and O–H groups in total. The highest BCUT2D eigenvalue weighted by molar-refractivity contribution is 5.97. The van der Waals surface area contributed by atoms with Gasteiger partial charge in [0, 0.05) is 13.1 Å². The molecule has 2 aromatic rings. The third-order valence-corrected chi connectivity index (χ3v) is 5.38. The quantitative estimate of drug-likeness (QED) is 0.843. The van der Waals surface area contributed by atoms with E-state index in [0.717, 1.165) is 49.5 Å². The fourth-order valence-electron chi connectivity index (χ4n) is 3.91. The van der Waals surface area contributed by atoms with Crippen LogP contribution in [0.4, 0.5) is 10.1 Å². The van der Waals surface area contributed by atoms with E-state index in [9.17, 15) is 9.18 Å². The number of carbonyl (C=O) groups excluding carboxylic acids is 1. The van der Waals surface area contributed by atoms with Gasteiger partial charge in [-0.15, -0.1) is 0 Å². The molecule has 1 fully saturated rings. The summed E-state index contributed by atoms with van der Waals surface area (Å²) in [7, 11) is 0. The Kier molecular flexibility index (Phi) is 4.89. The Labute approximate surface area is 153 Å². The SMILES string of the molecule is O=C1COc2ccccc2N1CCN1CCC(c2ccccc2F)CC1. The van der Waals surface area contributed by atoms with Gasteiger partial charge in [0.2, 0.25) is 0 Å². The van der Waals surface area contributed by atoms with Crippen molar-refractivity contribution in [2.75, 3.05) is 37.7 Å². The van der Waals surface area contributed by atoms with Crippen LogP contribution in [0.1, 0.15) is 24.3 Å². The number of carbonyl (C=O) groups is 1. The molecule has 0 radical (unpaired) electrons. The van der Waals surface area contributed by atoms with E-state index in [4.69, 9.17) is 4.74 Å². The highest BCUT2D eigenvalue weighted by Gasteiger charge is 2.27. The standard InChI is InChI=1S/C21H23FN2O2/c22-18-6-2-1-5-17(18)16-9-11-23(12-10-16)13-14-24-19-7-3-4-8-20(19)26-15-21(24)25/h1-8,16H,9-15H2. The number of hydrogen-bond acceptors (Lipinski definition) is 3. The van der Waals surface area contributed by atoms with E-state index in [1.54, 1.807) is 12.1 Å². The van der Waals surface area contributed by atoms with Crippen LogP contribution in [-0.4, -0.2) is 43.6 Å². The van der Waals surface area contributed by atoms with Gasteiger partial charge in [-0.25, -0.2) is 4.39 Å². The van der Waals surface area contributed by atoms with Gasteiger partial charge >= 0.3 is 0 Å². The van der Waals surface area contributed by atoms with Crippen LogP contribution >= 0.6 is 0 Å². The number of halogens is 1. The Bertz CT molecular complexity index is 787. The minimum Gasteiger partial charge on any atom is -0.482 e. The summed E-state index contributed by atoms with van der Waals surface area (Å²) in [6.45, 7) is 3.44. The van der Waals surface area contributed by atoms with Gasteiger partial charge in [0.1, 0.15) is 11.6 Å². The molecule has 4 nitrogen and oxygen atoms in total. The number of rotatable bonds is 4. The van der Waals surface area contributed by atoms with Gasteiger partial charge in [0.15, 0.2) is 6.61 Å². The van der Waals surface area contributed by atoms with Crippen LogP contribution in [0.2, 0.25) is 0 Å². The van der Waals surface area contributed by atoms with Crippen LogP contribution in [0.3, 0.4) is 0 Å². The maximum atomic E-state index is 14.0. The van der Waals surface area contributed by atoms with Crippen LogP contribution in [0, 0.1) is 5.82 Å². The number of amides is 1. The molecule has 2 heterocycles. The predicted octanol–water partition coefficient (Wildman–Crippen LogP) is 3.43. The minimum atomic E-state index is -0.0959. The molecular weight excluding hydrogens is 331 g/mol. The molecule has 2 aliphatic heterocycles. The number of fused-ring (bicyclic) bond motifs is 1. The van der Waals surface area contributed by atoms with Gasteiger partial charge in [-0.1, -0.05) is 30.3 Å². The van der Waals surface area contributed by atoms with Crippen molar-refractivity contribution in [3.63, 3.8) is 0 Å². The number of para-hydroxylation sites is 2. The van der Waals surface area contributed by atoms with E-state index in [-0.39, 0.29) is 24.2 Å². The molecule has 0 spiro atoms. The Morgan fingerprint density at radius 1 is 1.00 bits per heavy atom. The van der Waals surface area contributed by atoms with Gasteiger partial charge in [0.05, 0.1) is 5.69 Å². The van der Waals surface area contributed by atoms with Crippen LogP contribution in [0.25, 0.3) is 0 Å². The van der Waals surface area contributed by atoms with Crippen LogP contribution in [0.15, 0.2) is 48.5 Å². The normalized spacial score (nSPS) is 18.5. The fourth-order valence-corrected chi connectivity index (χ4v) is 3.91. The third kappa shape index (κ3) is 3.44. The Morgan fingerprint density at radius 3 is 2.54 bits per heavy atom. The zero-order chi connectivity index (χ0) is 17.9. The summed E-state index contributed by atoms with van der Waals surface area (Å²) in [5.74, 6) is 0.968. The average Bonchev–Trinajstić information content (AvgIpc) is 2.68. The first-order valence-corrected chi connectivity index (χ1v) is 9.21. The van der Waals surface area contributed by atoms with Crippen molar-refractivity contribution >= 4 is 11.6 Å². The fraction of sp³-hybridized carbons (Fsp3) is 0.381. The summed E-state index contributed by atoms with van der Waals surface area (Å²) in [6, 6.07) is 14.8. The summed E-state index contributed by atoms with van der Waals surface area (Å²) in [6.07, 6.45) is 1.91. The molecule has 0 bridgehead atoms. The maximum Gasteiger partial charge on any atom is 0.265 e. The number of likely N-dealkylation sites (tertiary alicyclic amines) is 1. The van der Waals surface area contributed by atoms with Crippen molar-refractivity contribution in [2.45, 2.75) is 18.8 Å². The zero-order valence-corrected chi connectivity index (χ0v) is 14.7. The van der Waals surface area contributed by atoms with E-state index in [2.05, 4.69) is 4.90 Å². The van der Waals surface area contributed by atoms with E-state index in [0.29, 0.717) is 6.54 Å².